The van der Waals surface area contributed by atoms with Crippen molar-refractivity contribution in [1.29, 1.82) is 0 Å². The number of benzene rings is 12. The highest BCUT2D eigenvalue weighted by Gasteiger charge is 2.32. The molecule has 0 aromatic heterocycles. The maximum Gasteiger partial charge on any atom is 0.231 e. The second-order valence-corrected chi connectivity index (χ2v) is 30.2. The highest BCUT2D eigenvalue weighted by Crippen LogP contribution is 2.40. The fourth-order valence-electron chi connectivity index (χ4n) is 15.3. The van der Waals surface area contributed by atoms with Gasteiger partial charge in [0.1, 0.15) is 29.9 Å². The Bertz CT molecular complexity index is 6900. The molecule has 0 saturated carbocycles. The summed E-state index contributed by atoms with van der Waals surface area (Å²) in [5.41, 5.74) is 4.26. The van der Waals surface area contributed by atoms with Crippen molar-refractivity contribution in [2.45, 2.75) is 126 Å². The van der Waals surface area contributed by atoms with Crippen LogP contribution in [0.4, 0.5) is 0 Å². The van der Waals surface area contributed by atoms with E-state index in [-0.39, 0.29) is 104 Å². The third-order valence-corrected chi connectivity index (χ3v) is 21.5. The van der Waals surface area contributed by atoms with Gasteiger partial charge in [-0.05, 0) is 219 Å². The van der Waals surface area contributed by atoms with Gasteiger partial charge >= 0.3 is 0 Å². The van der Waals surface area contributed by atoms with Crippen molar-refractivity contribution >= 4 is 0 Å². The van der Waals surface area contributed by atoms with E-state index in [1.165, 1.54) is 17.0 Å². The summed E-state index contributed by atoms with van der Waals surface area (Å²) in [5, 5.41) is 0. The minimum Gasteiger partial charge on any atom is -0.454 e. The fraction of sp³-hybridized carbons (Fsp3) is 0.333. The van der Waals surface area contributed by atoms with Gasteiger partial charge in [0, 0.05) is 63.1 Å². The fourth-order valence-corrected chi connectivity index (χ4v) is 15.3. The quantitative estimate of drug-likeness (QED) is 0.0462. The lowest BCUT2D eigenvalue weighted by Crippen LogP contribution is -2.41. The van der Waals surface area contributed by atoms with E-state index in [1.807, 2.05) is 144 Å². The van der Waals surface area contributed by atoms with Crippen molar-refractivity contribution in [3.8, 4) is 46.0 Å². The Balaban J connectivity index is 0.000000143. The van der Waals surface area contributed by atoms with Gasteiger partial charge in [0.05, 0.1) is 54.6 Å². The van der Waals surface area contributed by atoms with Gasteiger partial charge in [-0.1, -0.05) is 266 Å². The van der Waals surface area contributed by atoms with Crippen LogP contribution >= 0.6 is 0 Å². The summed E-state index contributed by atoms with van der Waals surface area (Å²) in [6, 6.07) is 45.6. The molecule has 4 fully saturated rings. The van der Waals surface area contributed by atoms with Crippen LogP contribution < -0.4 is 37.9 Å². The van der Waals surface area contributed by atoms with Crippen LogP contribution in [-0.2, 0) is 44.6 Å². The van der Waals surface area contributed by atoms with E-state index in [2.05, 4.69) is 0 Å². The van der Waals surface area contributed by atoms with Crippen LogP contribution in [0.2, 0.25) is 0 Å². The van der Waals surface area contributed by atoms with Crippen LogP contribution in [0.3, 0.4) is 0 Å². The van der Waals surface area contributed by atoms with Crippen molar-refractivity contribution in [1.82, 2.24) is 19.6 Å². The van der Waals surface area contributed by atoms with Crippen LogP contribution in [-0.4, -0.2) is 149 Å². The van der Waals surface area contributed by atoms with Gasteiger partial charge in [-0.15, -0.1) is 0 Å². The summed E-state index contributed by atoms with van der Waals surface area (Å²) in [6.07, 6.45) is -3.17. The summed E-state index contributed by atoms with van der Waals surface area (Å²) in [4.78, 5) is 6.74. The van der Waals surface area contributed by atoms with Crippen molar-refractivity contribution < 1.29 is 103 Å². The van der Waals surface area contributed by atoms with Gasteiger partial charge in [-0.25, -0.2) is 0 Å². The van der Waals surface area contributed by atoms with Gasteiger partial charge in [0.2, 0.25) is 27.1 Å². The number of likely N-dealkylation sites (tertiary alicyclic amines) is 4. The molecule has 640 valence electrons. The van der Waals surface area contributed by atoms with Crippen molar-refractivity contribution in [2.24, 2.45) is 0 Å². The zero-order valence-electron chi connectivity index (χ0n) is 102. The minimum atomic E-state index is -2.32. The summed E-state index contributed by atoms with van der Waals surface area (Å²) >= 11 is 0. The highest BCUT2D eigenvalue weighted by molar-refractivity contribution is 5.48. The molecule has 8 heterocycles. The highest BCUT2D eigenvalue weighted by atomic mass is 16.7. The van der Waals surface area contributed by atoms with E-state index in [9.17, 15) is 2.74 Å². The first-order chi connectivity index (χ1) is 74.7. The molecule has 8 aliphatic rings. The number of aryl methyl sites for hydroxylation is 4. The standard InChI is InChI=1S/4C27H29NO3/c4*1-3-8-22(9-4-1)27(23-10-5-2-6-11-23)31-24-12-7-16-28(19-24)17-15-21-13-14-25-26(18-21)30-20-29-25/h4*1-6,8-11,13-14,18,24,27H,7,12,15-17,19-20H2/t4*24-/m1111/s1/i1D,2D,3D,4D,5D,6D,8D,9D,10D,11D,17D2,20D2;1D,2D,3D,4D,5D,6D,8D,9D,10D,11D,17D2;17D2,20D2,27D;17D2,27D. The van der Waals surface area contributed by atoms with Gasteiger partial charge in [0.25, 0.3) is 0 Å². The Hall–Kier alpha value is -11.3. The molecule has 16 heteroatoms. The van der Waals surface area contributed by atoms with E-state index < -0.39 is 197 Å². The van der Waals surface area contributed by atoms with Gasteiger partial charge < -0.3 is 76.4 Å². The van der Waals surface area contributed by atoms with E-state index in [0.717, 1.165) is 53.5 Å². The lowest BCUT2D eigenvalue weighted by Gasteiger charge is -2.35. The second-order valence-electron chi connectivity index (χ2n) is 30.2. The molecule has 0 aliphatic carbocycles. The normalized spacial score (nSPS) is 23.8. The second kappa shape index (κ2) is 43.9. The van der Waals surface area contributed by atoms with E-state index in [1.54, 1.807) is 52.3 Å². The monoisotopic (exact) mass is 1700 g/mol. The van der Waals surface area contributed by atoms with Crippen LogP contribution in [0.1, 0.15) is 189 Å². The molecular formula is C108H116N4O12. The zero-order chi connectivity index (χ0) is 114. The topological polar surface area (TPSA) is 124 Å². The van der Waals surface area contributed by atoms with E-state index in [4.69, 9.17) is 101 Å². The first-order valence-electron chi connectivity index (χ1n) is 58.7. The summed E-state index contributed by atoms with van der Waals surface area (Å²) < 4.78 is 353. The van der Waals surface area contributed by atoms with Crippen molar-refractivity contribution in [2.75, 3.05) is 105 Å². The summed E-state index contributed by atoms with van der Waals surface area (Å²) in [6.45, 7) is -8.46. The third kappa shape index (κ3) is 23.8. The number of rotatable bonds is 28. The van der Waals surface area contributed by atoms with Gasteiger partial charge in [0.15, 0.2) is 46.0 Å². The van der Waals surface area contributed by atoms with Crippen LogP contribution in [0.25, 0.3) is 0 Å². The molecule has 0 amide bonds. The number of piperidine rings is 4. The molecule has 0 N–H and O–H groups in total. The van der Waals surface area contributed by atoms with Crippen LogP contribution in [0.5, 0.6) is 46.0 Å². The first kappa shape index (κ1) is 53.1. The first-order valence-corrected chi connectivity index (χ1v) is 41.7. The number of ether oxygens (including phenoxy) is 12. The lowest BCUT2D eigenvalue weighted by atomic mass is 10.00. The number of fused-ring (bicyclic) bond motifs is 4. The maximum absolute atomic E-state index is 9.35. The van der Waals surface area contributed by atoms with E-state index in [0.29, 0.717) is 110 Å². The average Bonchev–Trinajstić information content (AvgIpc) is 0.883. The molecule has 4 saturated heterocycles. The maximum atomic E-state index is 9.35. The smallest absolute Gasteiger partial charge is 0.231 e. The molecule has 0 unspecified atom stereocenters. The molecule has 0 spiro atoms. The zero-order valence-corrected chi connectivity index (χ0v) is 68.2. The molecule has 16 nitrogen and oxygen atoms in total. The van der Waals surface area contributed by atoms with Crippen LogP contribution in [0, 0.1) is 0 Å². The predicted molar refractivity (Wildman–Crippen MR) is 486 cm³/mol. The molecule has 124 heavy (non-hydrogen) atoms. The SMILES string of the molecule is [2H]C(O[C@@H]1CCCN(C([2H])([2H])Cc2ccc3c(c2)OCO3)C1)(c1ccccc1)c1ccccc1.[2H]C1([2H])Oc2ccc(CC([2H])([2H])N3CCC[C@@H](OC([2H])(c4ccccc4)c4ccccc4)C3)cc2O1.[2H]c1c([2H])c([2H])c(C(O[C@@H]2CCCN(C([2H])([2H])Cc3ccc4c(c3)OC([2H])([2H])O4)C2)c2c([2H])c([2H])c([2H])c([2H])c2[2H])c([2H])c1[2H].[2H]c1c([2H])c([2H])c(C(O[C@@H]2CCCN(C([2H])([2H])Cc3ccc4c(c3)OCO4)C2)c2c([2H])c([2H])c([2H])c([2H])c2[2H])c([2H])c1[2H]. The van der Waals surface area contributed by atoms with Crippen LogP contribution in [0.15, 0.2) is 315 Å². The summed E-state index contributed by atoms with van der Waals surface area (Å²) in [7, 11) is 0. The molecule has 0 bridgehead atoms. The molecule has 4 atom stereocenters. The number of hydrogen-bond acceptors (Lipinski definition) is 16. The Morgan fingerprint density at radius 1 is 0.290 bits per heavy atom. The molecule has 8 aliphatic heterocycles. The Labute approximate surface area is 779 Å². The predicted octanol–water partition coefficient (Wildman–Crippen LogP) is 20.9. The average molecular weight is 1700 g/mol. The molecular weight excluding hydrogens is 1550 g/mol. The molecule has 20 rings (SSSR count). The lowest BCUT2D eigenvalue weighted by molar-refractivity contribution is -0.0331. The largest absolute Gasteiger partial charge is 0.454 e. The number of nitrogens with zero attached hydrogens (tertiary/aromatic N) is 4. The molecule has 12 aromatic carbocycles. The van der Waals surface area contributed by atoms with Crippen molar-refractivity contribution in [3.63, 3.8) is 0 Å². The third-order valence-electron chi connectivity index (χ3n) is 21.5. The number of hydrogen-bond donors (Lipinski definition) is 0. The Morgan fingerprint density at radius 3 is 0.815 bits per heavy atom. The molecule has 12 aromatic rings. The molecule has 0 radical (unpaired) electrons. The summed E-state index contributed by atoms with van der Waals surface area (Å²) in [5.74, 6) is 3.41. The van der Waals surface area contributed by atoms with Gasteiger partial charge in [-0.2, -0.15) is 0 Å². The Morgan fingerprint density at radius 2 is 0.532 bits per heavy atom. The Kier molecular flexibility index (Phi) is 18.8. The van der Waals surface area contributed by atoms with E-state index >= 15 is 0 Å². The minimum absolute atomic E-state index is 0.0198. The van der Waals surface area contributed by atoms with Gasteiger partial charge in [-0.3, -0.25) is 0 Å². The van der Waals surface area contributed by atoms with Crippen molar-refractivity contribution in [3.05, 3.63) is 382 Å².